The summed E-state index contributed by atoms with van der Waals surface area (Å²) in [5.74, 6) is -1.48. The fourth-order valence-electron chi connectivity index (χ4n) is 2.22. The third-order valence-electron chi connectivity index (χ3n) is 3.44. The molecule has 0 unspecified atom stereocenters. The van der Waals surface area contributed by atoms with Crippen LogP contribution in [0.2, 0.25) is 10.0 Å². The van der Waals surface area contributed by atoms with Crippen LogP contribution in [0.25, 0.3) is 11.0 Å². The lowest BCUT2D eigenvalue weighted by Gasteiger charge is -2.08. The molecule has 0 bridgehead atoms. The number of hydrogen-bond donors (Lipinski definition) is 2. The van der Waals surface area contributed by atoms with E-state index >= 15 is 0 Å². The van der Waals surface area contributed by atoms with Crippen LogP contribution < -0.4 is 5.63 Å². The zero-order valence-corrected chi connectivity index (χ0v) is 14.0. The van der Waals surface area contributed by atoms with Gasteiger partial charge >= 0.3 is 11.6 Å². The van der Waals surface area contributed by atoms with E-state index in [2.05, 4.69) is 0 Å². The van der Waals surface area contributed by atoms with Crippen molar-refractivity contribution < 1.29 is 24.2 Å². The normalized spacial score (nSPS) is 10.8. The summed E-state index contributed by atoms with van der Waals surface area (Å²) in [7, 11) is 0. The van der Waals surface area contributed by atoms with E-state index in [4.69, 9.17) is 32.4 Å². The summed E-state index contributed by atoms with van der Waals surface area (Å²) >= 11 is 11.7. The van der Waals surface area contributed by atoms with Gasteiger partial charge in [-0.05, 0) is 24.3 Å². The monoisotopic (exact) mass is 380 g/mol. The van der Waals surface area contributed by atoms with Crippen molar-refractivity contribution in [2.24, 2.45) is 0 Å². The fourth-order valence-corrected chi connectivity index (χ4v) is 2.52. The molecular formula is C17H10Cl2O6. The lowest BCUT2D eigenvalue weighted by Crippen LogP contribution is -2.08. The number of halogens is 2. The molecule has 25 heavy (non-hydrogen) atoms. The number of phenolic OH excluding ortho intramolecular Hbond substituents is 2. The van der Waals surface area contributed by atoms with Gasteiger partial charge in [0.2, 0.25) is 0 Å². The number of phenols is 2. The number of carbonyl (C=O) groups excluding carboxylic acids is 1. The molecule has 2 aromatic carbocycles. The van der Waals surface area contributed by atoms with Gasteiger partial charge in [0, 0.05) is 23.1 Å². The minimum Gasteiger partial charge on any atom is -0.504 e. The number of esters is 1. The predicted octanol–water partition coefficient (Wildman–Crippen LogP) is 3.87. The quantitative estimate of drug-likeness (QED) is 0.406. The van der Waals surface area contributed by atoms with Crippen molar-refractivity contribution in [3.8, 4) is 11.5 Å². The smallest absolute Gasteiger partial charge is 0.338 e. The second-order valence-electron chi connectivity index (χ2n) is 5.13. The van der Waals surface area contributed by atoms with Crippen molar-refractivity contribution in [2.75, 3.05) is 0 Å². The summed E-state index contributed by atoms with van der Waals surface area (Å²) in [5.41, 5.74) is -0.112. The molecule has 0 radical (unpaired) electrons. The van der Waals surface area contributed by atoms with Gasteiger partial charge in [-0.15, -0.1) is 0 Å². The second-order valence-corrected chi connectivity index (χ2v) is 5.95. The number of carbonyl (C=O) groups is 1. The van der Waals surface area contributed by atoms with Crippen molar-refractivity contribution in [1.29, 1.82) is 0 Å². The van der Waals surface area contributed by atoms with Crippen molar-refractivity contribution in [3.63, 3.8) is 0 Å². The average Bonchev–Trinajstić information content (AvgIpc) is 2.56. The first-order chi connectivity index (χ1) is 11.8. The highest BCUT2D eigenvalue weighted by molar-refractivity contribution is 6.42. The molecule has 0 fully saturated rings. The van der Waals surface area contributed by atoms with E-state index in [0.29, 0.717) is 16.0 Å². The van der Waals surface area contributed by atoms with Crippen LogP contribution in [0.1, 0.15) is 15.9 Å². The summed E-state index contributed by atoms with van der Waals surface area (Å²) in [6, 6.07) is 7.76. The molecule has 3 aromatic rings. The van der Waals surface area contributed by atoms with Crippen LogP contribution in [-0.2, 0) is 11.3 Å². The Bertz CT molecular complexity index is 1040. The van der Waals surface area contributed by atoms with E-state index in [1.165, 1.54) is 24.3 Å². The largest absolute Gasteiger partial charge is 0.504 e. The summed E-state index contributed by atoms with van der Waals surface area (Å²) in [4.78, 5) is 23.7. The van der Waals surface area contributed by atoms with Gasteiger partial charge in [0.25, 0.3) is 0 Å². The SMILES string of the molecule is O=C(OCc1cc(=O)oc2cc(O)c(O)cc12)c1ccc(Cl)c(Cl)c1. The highest BCUT2D eigenvalue weighted by Gasteiger charge is 2.14. The van der Waals surface area contributed by atoms with Crippen LogP contribution in [0.3, 0.4) is 0 Å². The average molecular weight is 381 g/mol. The van der Waals surface area contributed by atoms with Crippen molar-refractivity contribution in [1.82, 2.24) is 0 Å². The molecule has 1 aromatic heterocycles. The third kappa shape index (κ3) is 3.55. The Morgan fingerprint density at radius 3 is 2.48 bits per heavy atom. The lowest BCUT2D eigenvalue weighted by molar-refractivity contribution is 0.0474. The summed E-state index contributed by atoms with van der Waals surface area (Å²) < 4.78 is 10.1. The first-order valence-corrected chi connectivity index (χ1v) is 7.71. The number of benzene rings is 2. The molecule has 1 heterocycles. The highest BCUT2D eigenvalue weighted by Crippen LogP contribution is 2.31. The first kappa shape index (κ1) is 17.1. The van der Waals surface area contributed by atoms with Crippen LogP contribution in [0.4, 0.5) is 0 Å². The summed E-state index contributed by atoms with van der Waals surface area (Å²) in [5, 5.41) is 20.0. The highest BCUT2D eigenvalue weighted by atomic mass is 35.5. The summed E-state index contributed by atoms with van der Waals surface area (Å²) in [6.45, 7) is -0.245. The first-order valence-electron chi connectivity index (χ1n) is 6.96. The van der Waals surface area contributed by atoms with E-state index in [1.54, 1.807) is 0 Å². The zero-order chi connectivity index (χ0) is 18.1. The maximum absolute atomic E-state index is 12.1. The van der Waals surface area contributed by atoms with Crippen molar-refractivity contribution in [2.45, 2.75) is 6.61 Å². The van der Waals surface area contributed by atoms with E-state index < -0.39 is 23.1 Å². The molecule has 0 saturated carbocycles. The maximum Gasteiger partial charge on any atom is 0.338 e. The molecule has 0 atom stereocenters. The fraction of sp³-hybridized carbons (Fsp3) is 0.0588. The standard InChI is InChI=1S/C17H10Cl2O6/c18-11-2-1-8(3-12(11)19)17(23)24-7-9-4-16(22)25-15-6-14(21)13(20)5-10(9)15/h1-6,20-21H,7H2. The van der Waals surface area contributed by atoms with Gasteiger partial charge in [-0.25, -0.2) is 9.59 Å². The van der Waals surface area contributed by atoms with Crippen molar-refractivity contribution in [3.05, 3.63) is 68.0 Å². The Hall–Kier alpha value is -2.70. The lowest BCUT2D eigenvalue weighted by atomic mass is 10.1. The Labute approximate surface area is 150 Å². The van der Waals surface area contributed by atoms with Crippen LogP contribution in [-0.4, -0.2) is 16.2 Å². The number of ether oxygens (including phenoxy) is 1. The molecule has 2 N–H and O–H groups in total. The number of fused-ring (bicyclic) bond motifs is 1. The van der Waals surface area contributed by atoms with Crippen LogP contribution in [0.5, 0.6) is 11.5 Å². The van der Waals surface area contributed by atoms with Crippen molar-refractivity contribution >= 4 is 40.1 Å². The molecule has 0 aliphatic rings. The van der Waals surface area contributed by atoms with Gasteiger partial charge < -0.3 is 19.4 Å². The Kier molecular flexibility index (Phi) is 4.57. The van der Waals surface area contributed by atoms with Gasteiger partial charge in [0.1, 0.15) is 12.2 Å². The molecule has 0 aliphatic carbocycles. The molecule has 0 spiro atoms. The van der Waals surface area contributed by atoms with Gasteiger partial charge in [-0.1, -0.05) is 23.2 Å². The van der Waals surface area contributed by atoms with Gasteiger partial charge in [0.15, 0.2) is 11.5 Å². The Morgan fingerprint density at radius 1 is 1.04 bits per heavy atom. The third-order valence-corrected chi connectivity index (χ3v) is 4.18. The molecule has 0 amide bonds. The maximum atomic E-state index is 12.1. The van der Waals surface area contributed by atoms with Crippen LogP contribution in [0, 0.1) is 0 Å². The van der Waals surface area contributed by atoms with Gasteiger partial charge in [-0.3, -0.25) is 0 Å². The molecular weight excluding hydrogens is 371 g/mol. The number of aromatic hydroxyl groups is 2. The molecule has 3 rings (SSSR count). The molecule has 6 nitrogen and oxygen atoms in total. The molecule has 128 valence electrons. The van der Waals surface area contributed by atoms with Gasteiger partial charge in [-0.2, -0.15) is 0 Å². The Morgan fingerprint density at radius 2 is 1.76 bits per heavy atom. The Balaban J connectivity index is 1.90. The van der Waals surface area contributed by atoms with E-state index in [-0.39, 0.29) is 22.8 Å². The topological polar surface area (TPSA) is 97.0 Å². The van der Waals surface area contributed by atoms with Gasteiger partial charge in [0.05, 0.1) is 15.6 Å². The van der Waals surface area contributed by atoms with E-state index in [9.17, 15) is 19.8 Å². The minimum absolute atomic E-state index is 0.0587. The minimum atomic E-state index is -0.682. The summed E-state index contributed by atoms with van der Waals surface area (Å²) in [6.07, 6.45) is 0. The molecule has 0 saturated heterocycles. The van der Waals surface area contributed by atoms with Crippen LogP contribution >= 0.6 is 23.2 Å². The molecule has 8 heteroatoms. The van der Waals surface area contributed by atoms with E-state index in [0.717, 1.165) is 12.1 Å². The molecule has 0 aliphatic heterocycles. The number of hydrogen-bond acceptors (Lipinski definition) is 6. The van der Waals surface area contributed by atoms with Crippen LogP contribution in [0.15, 0.2) is 45.6 Å². The second kappa shape index (κ2) is 6.66. The zero-order valence-electron chi connectivity index (χ0n) is 12.5. The predicted molar refractivity (Wildman–Crippen MR) is 91.4 cm³/mol. The number of rotatable bonds is 3. The van der Waals surface area contributed by atoms with E-state index in [1.807, 2.05) is 0 Å².